The Balaban J connectivity index is 1.31. The van der Waals surface area contributed by atoms with Gasteiger partial charge in [-0.2, -0.15) is 0 Å². The van der Waals surface area contributed by atoms with E-state index in [0.717, 1.165) is 84.0 Å². The largest absolute Gasteiger partial charge is 0.292 e. The molecule has 10 aromatic rings. The fourth-order valence-electron chi connectivity index (χ4n) is 7.50. The van der Waals surface area contributed by atoms with Crippen molar-refractivity contribution in [2.24, 2.45) is 0 Å². The Labute approximate surface area is 324 Å². The molecule has 10 rings (SSSR count). The number of hydrogen-bond acceptors (Lipinski definition) is 5. The van der Waals surface area contributed by atoms with Gasteiger partial charge in [0.05, 0.1) is 33.4 Å². The van der Waals surface area contributed by atoms with E-state index in [0.29, 0.717) is 17.5 Å². The predicted octanol–water partition coefficient (Wildman–Crippen LogP) is 11.5. The first kappa shape index (κ1) is 33.1. The standard InChI is InChI=1S/C49H35N7/c1-32-17-9-11-23-39(32)48-50-41-25-13-15-27-43(41)55(48)37-29-36(47-53-45(34-19-5-3-6-20-34)52-46(54-47)35-21-7-4-8-22-35)30-38(31-37)56-44-28-16-14-26-42(44)51-49(56)40-24-12-10-18-33(40)2/h3-31H,1-2H3. The number of fused-ring (bicyclic) bond motifs is 2. The Bertz CT molecular complexity index is 2850. The lowest BCUT2D eigenvalue weighted by molar-refractivity contribution is 1.05. The second-order valence-corrected chi connectivity index (χ2v) is 13.9. The first-order valence-electron chi connectivity index (χ1n) is 18.7. The fourth-order valence-corrected chi connectivity index (χ4v) is 7.50. The minimum absolute atomic E-state index is 0.560. The van der Waals surface area contributed by atoms with Gasteiger partial charge in [0.2, 0.25) is 0 Å². The number of nitrogens with zero attached hydrogens (tertiary/aromatic N) is 7. The van der Waals surface area contributed by atoms with E-state index in [1.807, 2.05) is 72.8 Å². The highest BCUT2D eigenvalue weighted by molar-refractivity contribution is 5.87. The van der Waals surface area contributed by atoms with Gasteiger partial charge in [0.1, 0.15) is 11.6 Å². The van der Waals surface area contributed by atoms with Crippen LogP contribution >= 0.6 is 0 Å². The molecule has 0 aliphatic rings. The number of aryl methyl sites for hydroxylation is 2. The lowest BCUT2D eigenvalue weighted by Gasteiger charge is -2.17. The lowest BCUT2D eigenvalue weighted by atomic mass is 10.1. The van der Waals surface area contributed by atoms with Crippen LogP contribution < -0.4 is 0 Å². The number of para-hydroxylation sites is 4. The summed E-state index contributed by atoms with van der Waals surface area (Å²) in [6, 6.07) is 60.2. The van der Waals surface area contributed by atoms with Gasteiger partial charge < -0.3 is 0 Å². The van der Waals surface area contributed by atoms with Crippen LogP contribution in [0, 0.1) is 13.8 Å². The average molecular weight is 722 g/mol. The number of hydrogen-bond donors (Lipinski definition) is 0. The monoisotopic (exact) mass is 721 g/mol. The molecule has 0 aliphatic heterocycles. The third kappa shape index (κ3) is 5.83. The summed E-state index contributed by atoms with van der Waals surface area (Å²) in [6.45, 7) is 4.27. The first-order chi connectivity index (χ1) is 27.6. The van der Waals surface area contributed by atoms with Crippen molar-refractivity contribution in [1.82, 2.24) is 34.1 Å². The highest BCUT2D eigenvalue weighted by Gasteiger charge is 2.22. The summed E-state index contributed by atoms with van der Waals surface area (Å²) in [6.07, 6.45) is 0. The zero-order chi connectivity index (χ0) is 37.6. The SMILES string of the molecule is Cc1ccccc1-c1nc2ccccc2n1-c1cc(-c2nc(-c3ccccc3)nc(-c3ccccc3)n2)cc(-n2c(-c3ccccc3C)nc3ccccc32)c1. The zero-order valence-electron chi connectivity index (χ0n) is 30.9. The Morgan fingerprint density at radius 3 is 1.16 bits per heavy atom. The molecule has 56 heavy (non-hydrogen) atoms. The molecule has 0 spiro atoms. The van der Waals surface area contributed by atoms with E-state index in [1.54, 1.807) is 0 Å². The summed E-state index contributed by atoms with van der Waals surface area (Å²) >= 11 is 0. The summed E-state index contributed by atoms with van der Waals surface area (Å²) in [5.74, 6) is 3.47. The van der Waals surface area contributed by atoms with Gasteiger partial charge in [-0.3, -0.25) is 9.13 Å². The molecule has 7 nitrogen and oxygen atoms in total. The maximum absolute atomic E-state index is 5.25. The van der Waals surface area contributed by atoms with Gasteiger partial charge >= 0.3 is 0 Å². The molecule has 0 unspecified atom stereocenters. The van der Waals surface area contributed by atoms with E-state index < -0.39 is 0 Å². The predicted molar refractivity (Wildman–Crippen MR) is 226 cm³/mol. The summed E-state index contributed by atoms with van der Waals surface area (Å²) in [5, 5.41) is 0. The average Bonchev–Trinajstić information content (AvgIpc) is 3.84. The van der Waals surface area contributed by atoms with E-state index in [9.17, 15) is 0 Å². The van der Waals surface area contributed by atoms with Crippen molar-refractivity contribution in [2.75, 3.05) is 0 Å². The maximum Gasteiger partial charge on any atom is 0.164 e. The van der Waals surface area contributed by atoms with Crippen LogP contribution in [0.3, 0.4) is 0 Å². The molecule has 7 heteroatoms. The number of benzene rings is 7. The second-order valence-electron chi connectivity index (χ2n) is 13.9. The summed E-state index contributed by atoms with van der Waals surface area (Å²) in [5.41, 5.74) is 12.7. The molecule has 0 saturated carbocycles. The molecule has 0 N–H and O–H groups in total. The minimum atomic E-state index is 0.560. The van der Waals surface area contributed by atoms with E-state index in [1.165, 1.54) is 0 Å². The Morgan fingerprint density at radius 1 is 0.339 bits per heavy atom. The third-order valence-electron chi connectivity index (χ3n) is 10.3. The van der Waals surface area contributed by atoms with Gasteiger partial charge in [-0.05, 0) is 67.4 Å². The van der Waals surface area contributed by atoms with Gasteiger partial charge in [-0.1, -0.05) is 133 Å². The van der Waals surface area contributed by atoms with Gasteiger partial charge in [-0.25, -0.2) is 24.9 Å². The molecule has 3 heterocycles. The molecular formula is C49H35N7. The quantitative estimate of drug-likeness (QED) is 0.164. The van der Waals surface area contributed by atoms with Crippen LogP contribution in [0.5, 0.6) is 0 Å². The zero-order valence-corrected chi connectivity index (χ0v) is 30.9. The van der Waals surface area contributed by atoms with Crippen molar-refractivity contribution < 1.29 is 0 Å². The van der Waals surface area contributed by atoms with Crippen molar-refractivity contribution >= 4 is 22.1 Å². The van der Waals surface area contributed by atoms with Gasteiger partial charge in [0.25, 0.3) is 0 Å². The van der Waals surface area contributed by atoms with Gasteiger partial charge in [0.15, 0.2) is 17.5 Å². The van der Waals surface area contributed by atoms with E-state index in [2.05, 4.69) is 126 Å². The van der Waals surface area contributed by atoms with Crippen LogP contribution in [0.2, 0.25) is 0 Å². The highest BCUT2D eigenvalue weighted by Crippen LogP contribution is 2.37. The molecule has 3 aromatic heterocycles. The first-order valence-corrected chi connectivity index (χ1v) is 18.7. The highest BCUT2D eigenvalue weighted by atomic mass is 15.1. The molecule has 0 aliphatic carbocycles. The Hall–Kier alpha value is -7.51. The van der Waals surface area contributed by atoms with Crippen LogP contribution in [0.4, 0.5) is 0 Å². The third-order valence-corrected chi connectivity index (χ3v) is 10.3. The molecular weight excluding hydrogens is 687 g/mol. The van der Waals surface area contributed by atoms with Gasteiger partial charge in [-0.15, -0.1) is 0 Å². The molecule has 0 radical (unpaired) electrons. The number of aromatic nitrogens is 7. The van der Waals surface area contributed by atoms with E-state index in [4.69, 9.17) is 24.9 Å². The molecule has 0 fully saturated rings. The van der Waals surface area contributed by atoms with Crippen molar-refractivity contribution in [3.63, 3.8) is 0 Å². The van der Waals surface area contributed by atoms with Crippen LogP contribution in [0.25, 0.3) is 90.4 Å². The molecule has 0 bridgehead atoms. The fraction of sp³-hybridized carbons (Fsp3) is 0.0408. The number of imidazole rings is 2. The normalized spacial score (nSPS) is 11.4. The van der Waals surface area contributed by atoms with Crippen molar-refractivity contribution in [3.05, 3.63) is 187 Å². The van der Waals surface area contributed by atoms with Crippen LogP contribution in [0.1, 0.15) is 11.1 Å². The van der Waals surface area contributed by atoms with Crippen molar-refractivity contribution in [2.45, 2.75) is 13.8 Å². The summed E-state index contributed by atoms with van der Waals surface area (Å²) < 4.78 is 4.52. The van der Waals surface area contributed by atoms with Crippen LogP contribution in [-0.2, 0) is 0 Å². The topological polar surface area (TPSA) is 74.3 Å². The molecule has 0 amide bonds. The number of rotatable bonds is 7. The smallest absolute Gasteiger partial charge is 0.164 e. The van der Waals surface area contributed by atoms with Crippen LogP contribution in [-0.4, -0.2) is 34.1 Å². The Morgan fingerprint density at radius 2 is 0.714 bits per heavy atom. The van der Waals surface area contributed by atoms with Crippen molar-refractivity contribution in [1.29, 1.82) is 0 Å². The molecule has 0 atom stereocenters. The summed E-state index contributed by atoms with van der Waals surface area (Å²) in [7, 11) is 0. The molecule has 7 aromatic carbocycles. The molecule has 266 valence electrons. The summed E-state index contributed by atoms with van der Waals surface area (Å²) in [4.78, 5) is 25.9. The van der Waals surface area contributed by atoms with Crippen LogP contribution in [0.15, 0.2) is 176 Å². The van der Waals surface area contributed by atoms with Gasteiger partial charge in [0, 0.05) is 27.8 Å². The Kier molecular flexibility index (Phi) is 8.11. The molecule has 0 saturated heterocycles. The lowest BCUT2D eigenvalue weighted by Crippen LogP contribution is -2.05. The van der Waals surface area contributed by atoms with E-state index in [-0.39, 0.29) is 0 Å². The maximum atomic E-state index is 5.25. The van der Waals surface area contributed by atoms with E-state index >= 15 is 0 Å². The minimum Gasteiger partial charge on any atom is -0.292 e. The van der Waals surface area contributed by atoms with Crippen molar-refractivity contribution in [3.8, 4) is 68.3 Å². The second kappa shape index (κ2) is 13.7.